The Hall–Kier alpha value is -1.51. The van der Waals surface area contributed by atoms with Gasteiger partial charge in [-0.15, -0.1) is 0 Å². The van der Waals surface area contributed by atoms with Gasteiger partial charge in [0.15, 0.2) is 0 Å². The highest BCUT2D eigenvalue weighted by atomic mass is 16.5. The molecule has 0 heterocycles. The highest BCUT2D eigenvalue weighted by Gasteiger charge is 2.14. The maximum atomic E-state index is 11.7. The van der Waals surface area contributed by atoms with Crippen LogP contribution in [0.5, 0.6) is 5.75 Å². The molecule has 3 nitrogen and oxygen atoms in total. The molecule has 0 saturated heterocycles. The van der Waals surface area contributed by atoms with E-state index in [-0.39, 0.29) is 5.97 Å². The number of rotatable bonds is 5. The first-order valence-electron chi connectivity index (χ1n) is 5.95. The summed E-state index contributed by atoms with van der Waals surface area (Å²) in [6.45, 7) is 8.86. The van der Waals surface area contributed by atoms with Crippen molar-refractivity contribution >= 4 is 5.97 Å². The predicted molar refractivity (Wildman–Crippen MR) is 67.5 cm³/mol. The van der Waals surface area contributed by atoms with Gasteiger partial charge in [0.05, 0.1) is 13.2 Å². The van der Waals surface area contributed by atoms with Crippen LogP contribution in [0.2, 0.25) is 0 Å². The van der Waals surface area contributed by atoms with Gasteiger partial charge in [-0.1, -0.05) is 19.9 Å². The number of carbonyl (C=O) groups excluding carboxylic acids is 1. The second kappa shape index (κ2) is 6.28. The van der Waals surface area contributed by atoms with Crippen LogP contribution in [-0.2, 0) is 4.74 Å². The third-order valence-electron chi connectivity index (χ3n) is 2.20. The monoisotopic (exact) mass is 236 g/mol. The van der Waals surface area contributed by atoms with Gasteiger partial charge in [0.2, 0.25) is 0 Å². The Kier molecular flexibility index (Phi) is 5.01. The van der Waals surface area contributed by atoms with E-state index in [4.69, 9.17) is 9.47 Å². The zero-order valence-corrected chi connectivity index (χ0v) is 10.9. The minimum Gasteiger partial charge on any atom is -0.492 e. The second-order valence-corrected chi connectivity index (χ2v) is 4.42. The number of esters is 1. The van der Waals surface area contributed by atoms with Crippen LogP contribution >= 0.6 is 0 Å². The molecule has 0 atom stereocenters. The predicted octanol–water partition coefficient (Wildman–Crippen LogP) is 3.21. The zero-order valence-electron chi connectivity index (χ0n) is 10.9. The van der Waals surface area contributed by atoms with E-state index in [0.29, 0.717) is 30.4 Å². The van der Waals surface area contributed by atoms with E-state index in [1.165, 1.54) is 0 Å². The van der Waals surface area contributed by atoms with Crippen molar-refractivity contribution in [1.29, 1.82) is 0 Å². The fourth-order valence-electron chi connectivity index (χ4n) is 1.38. The van der Waals surface area contributed by atoms with Crippen LogP contribution in [0.15, 0.2) is 18.2 Å². The Balaban J connectivity index is 2.91. The lowest BCUT2D eigenvalue weighted by molar-refractivity contribution is 0.0521. The number of hydrogen-bond donors (Lipinski definition) is 0. The minimum atomic E-state index is -0.328. The molecule has 17 heavy (non-hydrogen) atoms. The summed E-state index contributed by atoms with van der Waals surface area (Å²) in [4.78, 5) is 11.7. The molecule has 0 unspecified atom stereocenters. The van der Waals surface area contributed by atoms with Gasteiger partial charge in [-0.2, -0.15) is 0 Å². The summed E-state index contributed by atoms with van der Waals surface area (Å²) in [5, 5.41) is 0. The molecule has 0 N–H and O–H groups in total. The minimum absolute atomic E-state index is 0.328. The molecule has 1 aromatic carbocycles. The van der Waals surface area contributed by atoms with Crippen LogP contribution in [-0.4, -0.2) is 19.2 Å². The quantitative estimate of drug-likeness (QED) is 0.736. The van der Waals surface area contributed by atoms with Gasteiger partial charge in [0.25, 0.3) is 0 Å². The van der Waals surface area contributed by atoms with Crippen LogP contribution < -0.4 is 4.74 Å². The van der Waals surface area contributed by atoms with Gasteiger partial charge >= 0.3 is 5.97 Å². The molecular formula is C14H20O3. The fourth-order valence-corrected chi connectivity index (χ4v) is 1.38. The summed E-state index contributed by atoms with van der Waals surface area (Å²) in [5.41, 5.74) is 1.56. The molecule has 0 spiro atoms. The van der Waals surface area contributed by atoms with E-state index in [1.54, 1.807) is 13.0 Å². The van der Waals surface area contributed by atoms with Crippen LogP contribution in [0.3, 0.4) is 0 Å². The Morgan fingerprint density at radius 1 is 1.35 bits per heavy atom. The van der Waals surface area contributed by atoms with Crippen molar-refractivity contribution in [3.05, 3.63) is 29.3 Å². The molecule has 0 fully saturated rings. The van der Waals surface area contributed by atoms with Crippen LogP contribution in [0.4, 0.5) is 0 Å². The van der Waals surface area contributed by atoms with Crippen molar-refractivity contribution < 1.29 is 14.3 Å². The number of benzene rings is 1. The first-order chi connectivity index (χ1) is 8.04. The number of aryl methyl sites for hydroxylation is 1. The van der Waals surface area contributed by atoms with Crippen molar-refractivity contribution in [2.75, 3.05) is 13.2 Å². The summed E-state index contributed by atoms with van der Waals surface area (Å²) in [6, 6.07) is 5.51. The normalized spacial score (nSPS) is 10.4. The number of hydrogen-bond acceptors (Lipinski definition) is 3. The molecule has 0 bridgehead atoms. The molecule has 0 aliphatic rings. The second-order valence-electron chi connectivity index (χ2n) is 4.42. The highest BCUT2D eigenvalue weighted by Crippen LogP contribution is 2.22. The summed E-state index contributed by atoms with van der Waals surface area (Å²) in [5.74, 6) is 0.703. The van der Waals surface area contributed by atoms with E-state index in [0.717, 1.165) is 5.56 Å². The molecule has 0 aliphatic carbocycles. The molecule has 1 rings (SSSR count). The average molecular weight is 236 g/mol. The summed E-state index contributed by atoms with van der Waals surface area (Å²) in [7, 11) is 0. The topological polar surface area (TPSA) is 35.5 Å². The molecule has 0 saturated carbocycles. The third-order valence-corrected chi connectivity index (χ3v) is 2.20. The SMILES string of the molecule is CCOC(=O)c1ccc(C)cc1OCC(C)C. The van der Waals surface area contributed by atoms with Gasteiger partial charge in [-0.25, -0.2) is 4.79 Å². The first kappa shape index (κ1) is 13.6. The molecular weight excluding hydrogens is 216 g/mol. The maximum Gasteiger partial charge on any atom is 0.341 e. The molecule has 1 aromatic rings. The number of ether oxygens (including phenoxy) is 2. The average Bonchev–Trinajstić information content (AvgIpc) is 2.26. The first-order valence-corrected chi connectivity index (χ1v) is 5.95. The lowest BCUT2D eigenvalue weighted by Gasteiger charge is -2.13. The van der Waals surface area contributed by atoms with E-state index >= 15 is 0 Å². The maximum absolute atomic E-state index is 11.7. The van der Waals surface area contributed by atoms with Gasteiger partial charge in [0.1, 0.15) is 11.3 Å². The molecule has 0 radical (unpaired) electrons. The Bertz CT molecular complexity index is 383. The summed E-state index contributed by atoms with van der Waals surface area (Å²) in [6.07, 6.45) is 0. The van der Waals surface area contributed by atoms with Crippen molar-refractivity contribution in [1.82, 2.24) is 0 Å². The van der Waals surface area contributed by atoms with Crippen LogP contribution in [0.1, 0.15) is 36.7 Å². The summed E-state index contributed by atoms with van der Waals surface area (Å²) >= 11 is 0. The van der Waals surface area contributed by atoms with Gasteiger partial charge in [-0.3, -0.25) is 0 Å². The third kappa shape index (κ3) is 4.10. The van der Waals surface area contributed by atoms with Gasteiger partial charge in [-0.05, 0) is 37.5 Å². The molecule has 0 amide bonds. The lowest BCUT2D eigenvalue weighted by Crippen LogP contribution is -2.11. The van der Waals surface area contributed by atoms with Gasteiger partial charge < -0.3 is 9.47 Å². The smallest absolute Gasteiger partial charge is 0.341 e. The van der Waals surface area contributed by atoms with Crippen molar-refractivity contribution in [3.63, 3.8) is 0 Å². The zero-order chi connectivity index (χ0) is 12.8. The largest absolute Gasteiger partial charge is 0.492 e. The molecule has 3 heteroatoms. The Morgan fingerprint density at radius 3 is 2.65 bits per heavy atom. The van der Waals surface area contributed by atoms with E-state index in [2.05, 4.69) is 13.8 Å². The van der Waals surface area contributed by atoms with Gasteiger partial charge in [0, 0.05) is 0 Å². The standard InChI is InChI=1S/C14H20O3/c1-5-16-14(15)12-7-6-11(4)8-13(12)17-9-10(2)3/h6-8,10H,5,9H2,1-4H3. The number of carbonyl (C=O) groups is 1. The summed E-state index contributed by atoms with van der Waals surface area (Å²) < 4.78 is 10.6. The Labute approximate surface area is 103 Å². The van der Waals surface area contributed by atoms with E-state index < -0.39 is 0 Å². The molecule has 94 valence electrons. The Morgan fingerprint density at radius 2 is 2.06 bits per heavy atom. The van der Waals surface area contributed by atoms with E-state index in [9.17, 15) is 4.79 Å². The van der Waals surface area contributed by atoms with Crippen molar-refractivity contribution in [3.8, 4) is 5.75 Å². The lowest BCUT2D eigenvalue weighted by atomic mass is 10.1. The molecule has 0 aromatic heterocycles. The van der Waals surface area contributed by atoms with Crippen LogP contribution in [0, 0.1) is 12.8 Å². The highest BCUT2D eigenvalue weighted by molar-refractivity contribution is 5.92. The van der Waals surface area contributed by atoms with Crippen molar-refractivity contribution in [2.45, 2.75) is 27.7 Å². The molecule has 0 aliphatic heterocycles. The van der Waals surface area contributed by atoms with E-state index in [1.807, 2.05) is 19.1 Å². The van der Waals surface area contributed by atoms with Crippen LogP contribution in [0.25, 0.3) is 0 Å². The van der Waals surface area contributed by atoms with Crippen molar-refractivity contribution in [2.24, 2.45) is 5.92 Å². The fraction of sp³-hybridized carbons (Fsp3) is 0.500.